The smallest absolute Gasteiger partial charge is 0.0578 e. The van der Waals surface area contributed by atoms with Crippen LogP contribution in [0.1, 0.15) is 58.8 Å². The molecular formula is C14H28OS. The van der Waals surface area contributed by atoms with Crippen molar-refractivity contribution < 1.29 is 4.74 Å². The minimum Gasteiger partial charge on any atom is -0.378 e. The molecule has 1 saturated carbocycles. The molecular weight excluding hydrogens is 216 g/mol. The van der Waals surface area contributed by atoms with Gasteiger partial charge in [-0.2, -0.15) is 12.6 Å². The highest BCUT2D eigenvalue weighted by atomic mass is 32.1. The fraction of sp³-hybridized carbons (Fsp3) is 1.00. The van der Waals surface area contributed by atoms with Gasteiger partial charge in [0, 0.05) is 0 Å². The normalized spacial score (nSPS) is 27.9. The van der Waals surface area contributed by atoms with Gasteiger partial charge in [-0.15, -0.1) is 0 Å². The second-order valence-electron chi connectivity index (χ2n) is 5.23. The quantitative estimate of drug-likeness (QED) is 0.656. The average molecular weight is 244 g/mol. The molecule has 0 spiro atoms. The van der Waals surface area contributed by atoms with E-state index in [0.717, 1.165) is 18.3 Å². The first kappa shape index (κ1) is 14.4. The summed E-state index contributed by atoms with van der Waals surface area (Å²) in [6.07, 6.45) is 9.72. The molecule has 0 aromatic heterocycles. The van der Waals surface area contributed by atoms with E-state index in [1.807, 2.05) is 0 Å². The van der Waals surface area contributed by atoms with Crippen molar-refractivity contribution in [1.82, 2.24) is 0 Å². The molecule has 3 atom stereocenters. The molecule has 1 nitrogen and oxygen atoms in total. The van der Waals surface area contributed by atoms with Crippen molar-refractivity contribution in [2.75, 3.05) is 12.4 Å². The van der Waals surface area contributed by atoms with Crippen LogP contribution in [0.25, 0.3) is 0 Å². The molecule has 1 fully saturated rings. The Morgan fingerprint density at radius 1 is 1.31 bits per heavy atom. The summed E-state index contributed by atoms with van der Waals surface area (Å²) < 4.78 is 6.07. The topological polar surface area (TPSA) is 9.23 Å². The van der Waals surface area contributed by atoms with Gasteiger partial charge in [-0.05, 0) is 36.9 Å². The summed E-state index contributed by atoms with van der Waals surface area (Å²) in [4.78, 5) is 0. The summed E-state index contributed by atoms with van der Waals surface area (Å²) >= 11 is 4.40. The van der Waals surface area contributed by atoms with Gasteiger partial charge in [0.2, 0.25) is 0 Å². The van der Waals surface area contributed by atoms with Gasteiger partial charge in [0.05, 0.1) is 12.7 Å². The van der Waals surface area contributed by atoms with Gasteiger partial charge in [0.25, 0.3) is 0 Å². The fourth-order valence-electron chi connectivity index (χ4n) is 2.67. The zero-order chi connectivity index (χ0) is 11.8. The molecule has 1 aliphatic carbocycles. The van der Waals surface area contributed by atoms with Gasteiger partial charge < -0.3 is 4.74 Å². The lowest BCUT2D eigenvalue weighted by Crippen LogP contribution is -2.25. The Hall–Kier alpha value is 0.310. The molecule has 0 aromatic carbocycles. The highest BCUT2D eigenvalue weighted by Crippen LogP contribution is 2.28. The van der Waals surface area contributed by atoms with Crippen molar-refractivity contribution >= 4 is 12.6 Å². The number of thiol groups is 1. The first-order valence-corrected chi connectivity index (χ1v) is 7.65. The van der Waals surface area contributed by atoms with Crippen molar-refractivity contribution in [3.05, 3.63) is 0 Å². The molecule has 0 aliphatic heterocycles. The average Bonchev–Trinajstić information content (AvgIpc) is 2.34. The Morgan fingerprint density at radius 3 is 2.75 bits per heavy atom. The number of hydrogen-bond donors (Lipinski definition) is 1. The van der Waals surface area contributed by atoms with Gasteiger partial charge in [-0.1, -0.05) is 39.5 Å². The SMILES string of the molecule is CCCC(CS)COC1CCCC(CC)C1. The molecule has 0 aromatic rings. The molecule has 0 N–H and O–H groups in total. The monoisotopic (exact) mass is 244 g/mol. The van der Waals surface area contributed by atoms with Crippen LogP contribution < -0.4 is 0 Å². The van der Waals surface area contributed by atoms with Crippen LogP contribution in [-0.2, 0) is 4.74 Å². The zero-order valence-corrected chi connectivity index (χ0v) is 11.8. The van der Waals surface area contributed by atoms with E-state index in [1.54, 1.807) is 0 Å². The van der Waals surface area contributed by atoms with Crippen LogP contribution in [-0.4, -0.2) is 18.5 Å². The van der Waals surface area contributed by atoms with Crippen LogP contribution in [0.4, 0.5) is 0 Å². The van der Waals surface area contributed by atoms with Gasteiger partial charge in [-0.25, -0.2) is 0 Å². The van der Waals surface area contributed by atoms with Crippen molar-refractivity contribution in [3.63, 3.8) is 0 Å². The second kappa shape index (κ2) is 8.41. The highest BCUT2D eigenvalue weighted by molar-refractivity contribution is 7.80. The van der Waals surface area contributed by atoms with Crippen molar-refractivity contribution in [2.24, 2.45) is 11.8 Å². The third kappa shape index (κ3) is 5.09. The van der Waals surface area contributed by atoms with Crippen LogP contribution in [0.3, 0.4) is 0 Å². The third-order valence-electron chi connectivity index (χ3n) is 3.83. The Bertz CT molecular complexity index is 172. The second-order valence-corrected chi connectivity index (χ2v) is 5.60. The van der Waals surface area contributed by atoms with Gasteiger partial charge in [0.15, 0.2) is 0 Å². The highest BCUT2D eigenvalue weighted by Gasteiger charge is 2.21. The van der Waals surface area contributed by atoms with Gasteiger partial charge in [0.1, 0.15) is 0 Å². The molecule has 0 radical (unpaired) electrons. The van der Waals surface area contributed by atoms with E-state index in [-0.39, 0.29) is 0 Å². The molecule has 96 valence electrons. The summed E-state index contributed by atoms with van der Waals surface area (Å²) in [6.45, 7) is 5.48. The van der Waals surface area contributed by atoms with Crippen molar-refractivity contribution in [1.29, 1.82) is 0 Å². The number of ether oxygens (including phenoxy) is 1. The molecule has 0 bridgehead atoms. The molecule has 1 rings (SSSR count). The molecule has 0 amide bonds. The summed E-state index contributed by atoms with van der Waals surface area (Å²) in [6, 6.07) is 0. The van der Waals surface area contributed by atoms with E-state index in [4.69, 9.17) is 4.74 Å². The standard InChI is InChI=1S/C14H28OS/c1-3-6-13(11-16)10-15-14-8-5-7-12(4-2)9-14/h12-14,16H,3-11H2,1-2H3. The first-order chi connectivity index (χ1) is 7.80. The minimum absolute atomic E-state index is 0.540. The Morgan fingerprint density at radius 2 is 2.12 bits per heavy atom. The van der Waals surface area contributed by atoms with Crippen LogP contribution in [0.2, 0.25) is 0 Å². The van der Waals surface area contributed by atoms with Crippen molar-refractivity contribution in [2.45, 2.75) is 64.9 Å². The Balaban J connectivity index is 2.20. The van der Waals surface area contributed by atoms with E-state index in [1.165, 1.54) is 44.9 Å². The molecule has 16 heavy (non-hydrogen) atoms. The predicted molar refractivity (Wildman–Crippen MR) is 74.2 cm³/mol. The predicted octanol–water partition coefficient (Wildman–Crippen LogP) is 4.32. The maximum Gasteiger partial charge on any atom is 0.0578 e. The van der Waals surface area contributed by atoms with E-state index in [9.17, 15) is 0 Å². The summed E-state index contributed by atoms with van der Waals surface area (Å²) in [5, 5.41) is 0. The summed E-state index contributed by atoms with van der Waals surface area (Å²) in [5.41, 5.74) is 0. The van der Waals surface area contributed by atoms with E-state index < -0.39 is 0 Å². The van der Waals surface area contributed by atoms with E-state index in [0.29, 0.717) is 12.0 Å². The van der Waals surface area contributed by atoms with Gasteiger partial charge >= 0.3 is 0 Å². The lowest BCUT2D eigenvalue weighted by Gasteiger charge is -2.29. The molecule has 0 heterocycles. The molecule has 3 unspecified atom stereocenters. The van der Waals surface area contributed by atoms with Gasteiger partial charge in [-0.3, -0.25) is 0 Å². The maximum atomic E-state index is 6.07. The molecule has 1 aliphatic rings. The Labute approximate surface area is 107 Å². The lowest BCUT2D eigenvalue weighted by atomic mass is 9.85. The first-order valence-electron chi connectivity index (χ1n) is 7.02. The fourth-order valence-corrected chi connectivity index (χ4v) is 2.96. The third-order valence-corrected chi connectivity index (χ3v) is 4.35. The minimum atomic E-state index is 0.540. The summed E-state index contributed by atoms with van der Waals surface area (Å²) in [7, 11) is 0. The van der Waals surface area contributed by atoms with Crippen LogP contribution in [0.5, 0.6) is 0 Å². The van der Waals surface area contributed by atoms with Crippen molar-refractivity contribution in [3.8, 4) is 0 Å². The molecule has 2 heteroatoms. The number of rotatable bonds is 7. The van der Waals surface area contributed by atoms with Crippen LogP contribution >= 0.6 is 12.6 Å². The largest absolute Gasteiger partial charge is 0.378 e. The van der Waals surface area contributed by atoms with E-state index in [2.05, 4.69) is 26.5 Å². The van der Waals surface area contributed by atoms with Crippen LogP contribution in [0, 0.1) is 11.8 Å². The van der Waals surface area contributed by atoms with E-state index >= 15 is 0 Å². The Kier molecular flexibility index (Phi) is 7.55. The lowest BCUT2D eigenvalue weighted by molar-refractivity contribution is -0.00351. The summed E-state index contributed by atoms with van der Waals surface area (Å²) in [5.74, 6) is 2.55. The number of hydrogen-bond acceptors (Lipinski definition) is 2. The zero-order valence-electron chi connectivity index (χ0n) is 11.0. The molecule has 0 saturated heterocycles. The maximum absolute atomic E-state index is 6.07. The van der Waals surface area contributed by atoms with Crippen LogP contribution in [0.15, 0.2) is 0 Å².